The maximum Gasteiger partial charge on any atom is 0.331 e. The first kappa shape index (κ1) is 24.1. The molecule has 7 nitrogen and oxygen atoms in total. The van der Waals surface area contributed by atoms with Gasteiger partial charge in [0, 0.05) is 14.1 Å². The number of benzene rings is 2. The maximum absolute atomic E-state index is 13.7. The zero-order chi connectivity index (χ0) is 25.9. The van der Waals surface area contributed by atoms with Crippen LogP contribution in [-0.2, 0) is 24.4 Å². The largest absolute Gasteiger partial charge is 0.491 e. The average molecular weight is 488 g/mol. The standard InChI is InChI=1S/C29H33N3O4/c1-17(2)36-21-14-12-20(13-15-21)26-25-24-22(27(33)31(7)28(34)30(24)6)23(19-10-8-18(3)9-11-19)32(25)29(4,5)16-35-26/h8-15,17,26H,16H2,1-7H3. The minimum Gasteiger partial charge on any atom is -0.491 e. The van der Waals surface area contributed by atoms with E-state index in [1.165, 1.54) is 11.6 Å². The number of nitrogens with zero attached hydrogens (tertiary/aromatic N) is 3. The monoisotopic (exact) mass is 487 g/mol. The molecular weight excluding hydrogens is 454 g/mol. The summed E-state index contributed by atoms with van der Waals surface area (Å²) in [5, 5.41) is 0.529. The number of fused-ring (bicyclic) bond motifs is 3. The SMILES string of the molecule is Cc1ccc(-c2c3c(=O)n(C)c(=O)n(C)c3c3n2C(C)(C)COC3c2ccc(OC(C)C)cc2)cc1. The van der Waals surface area contributed by atoms with Crippen molar-refractivity contribution in [3.8, 4) is 17.0 Å². The van der Waals surface area contributed by atoms with Crippen LogP contribution in [0.15, 0.2) is 58.1 Å². The van der Waals surface area contributed by atoms with Gasteiger partial charge in [-0.25, -0.2) is 4.79 Å². The summed E-state index contributed by atoms with van der Waals surface area (Å²) in [4.78, 5) is 26.8. The molecule has 3 heterocycles. The Labute approximate surface area is 210 Å². The molecule has 0 aliphatic carbocycles. The molecule has 0 saturated carbocycles. The molecule has 0 radical (unpaired) electrons. The summed E-state index contributed by atoms with van der Waals surface area (Å²) in [6.07, 6.45) is -0.378. The average Bonchev–Trinajstić information content (AvgIpc) is 3.20. The van der Waals surface area contributed by atoms with Crippen molar-refractivity contribution < 1.29 is 9.47 Å². The number of aromatic nitrogens is 3. The Bertz CT molecular complexity index is 1570. The number of aryl methyl sites for hydroxylation is 2. The lowest BCUT2D eigenvalue weighted by Gasteiger charge is -2.39. The highest BCUT2D eigenvalue weighted by atomic mass is 16.5. The summed E-state index contributed by atoms with van der Waals surface area (Å²) in [6.45, 7) is 10.7. The summed E-state index contributed by atoms with van der Waals surface area (Å²) in [6, 6.07) is 16.0. The van der Waals surface area contributed by atoms with Gasteiger partial charge in [0.15, 0.2) is 0 Å². The molecule has 0 amide bonds. The quantitative estimate of drug-likeness (QED) is 0.420. The van der Waals surface area contributed by atoms with E-state index >= 15 is 0 Å². The lowest BCUT2D eigenvalue weighted by atomic mass is 9.98. The Morgan fingerprint density at radius 3 is 2.22 bits per heavy atom. The van der Waals surface area contributed by atoms with E-state index in [9.17, 15) is 9.59 Å². The Balaban J connectivity index is 1.88. The van der Waals surface area contributed by atoms with E-state index in [2.05, 4.69) is 18.4 Å². The van der Waals surface area contributed by atoms with Gasteiger partial charge in [-0.15, -0.1) is 0 Å². The van der Waals surface area contributed by atoms with Crippen molar-refractivity contribution in [3.05, 3.63) is 86.2 Å². The van der Waals surface area contributed by atoms with Crippen LogP contribution in [0.25, 0.3) is 22.2 Å². The summed E-state index contributed by atoms with van der Waals surface area (Å²) in [5.41, 5.74) is 4.12. The summed E-state index contributed by atoms with van der Waals surface area (Å²) >= 11 is 0. The maximum atomic E-state index is 13.7. The lowest BCUT2D eigenvalue weighted by Crippen LogP contribution is -2.40. The Hall–Kier alpha value is -3.58. The van der Waals surface area contributed by atoms with Gasteiger partial charge in [-0.3, -0.25) is 13.9 Å². The molecule has 0 bridgehead atoms. The summed E-state index contributed by atoms with van der Waals surface area (Å²) in [5.74, 6) is 0.784. The second kappa shape index (κ2) is 8.52. The van der Waals surface area contributed by atoms with Crippen LogP contribution < -0.4 is 16.0 Å². The molecule has 2 aromatic carbocycles. The van der Waals surface area contributed by atoms with Gasteiger partial charge in [0.25, 0.3) is 5.56 Å². The minimum atomic E-state index is -0.453. The topological polar surface area (TPSA) is 67.4 Å². The second-order valence-electron chi connectivity index (χ2n) is 10.6. The predicted octanol–water partition coefficient (Wildman–Crippen LogP) is 4.66. The van der Waals surface area contributed by atoms with Gasteiger partial charge in [0.05, 0.1) is 40.5 Å². The molecule has 1 unspecified atom stereocenters. The van der Waals surface area contributed by atoms with Gasteiger partial charge in [-0.2, -0.15) is 0 Å². The second-order valence-corrected chi connectivity index (χ2v) is 10.6. The van der Waals surface area contributed by atoms with Crippen LogP contribution >= 0.6 is 0 Å². The molecule has 7 heteroatoms. The van der Waals surface area contributed by atoms with Crippen molar-refractivity contribution in [1.29, 1.82) is 0 Å². The van der Waals surface area contributed by atoms with Crippen LogP contribution in [0.4, 0.5) is 0 Å². The summed E-state index contributed by atoms with van der Waals surface area (Å²) in [7, 11) is 3.26. The molecule has 1 aliphatic heterocycles. The minimum absolute atomic E-state index is 0.0755. The summed E-state index contributed by atoms with van der Waals surface area (Å²) < 4.78 is 17.3. The van der Waals surface area contributed by atoms with Crippen molar-refractivity contribution in [3.63, 3.8) is 0 Å². The highest BCUT2D eigenvalue weighted by Gasteiger charge is 2.40. The van der Waals surface area contributed by atoms with E-state index in [1.807, 2.05) is 69.3 Å². The van der Waals surface area contributed by atoms with Crippen LogP contribution in [-0.4, -0.2) is 26.4 Å². The number of rotatable bonds is 4. The van der Waals surface area contributed by atoms with E-state index in [0.29, 0.717) is 17.5 Å². The van der Waals surface area contributed by atoms with E-state index < -0.39 is 11.6 Å². The fourth-order valence-electron chi connectivity index (χ4n) is 5.23. The molecule has 1 atom stereocenters. The zero-order valence-corrected chi connectivity index (χ0v) is 22.0. The Kier molecular flexibility index (Phi) is 5.71. The molecular formula is C29H33N3O4. The third-order valence-electron chi connectivity index (χ3n) is 6.95. The van der Waals surface area contributed by atoms with Gasteiger partial charge >= 0.3 is 5.69 Å². The van der Waals surface area contributed by atoms with Crippen LogP contribution in [0.3, 0.4) is 0 Å². The van der Waals surface area contributed by atoms with Crippen molar-refractivity contribution in [2.75, 3.05) is 6.61 Å². The van der Waals surface area contributed by atoms with Gasteiger partial charge in [-0.05, 0) is 57.9 Å². The molecule has 4 aromatic rings. The van der Waals surface area contributed by atoms with Gasteiger partial charge in [0.1, 0.15) is 11.9 Å². The first-order chi connectivity index (χ1) is 17.0. The number of hydrogen-bond donors (Lipinski definition) is 0. The lowest BCUT2D eigenvalue weighted by molar-refractivity contribution is -0.00709. The Morgan fingerprint density at radius 2 is 1.61 bits per heavy atom. The van der Waals surface area contributed by atoms with Crippen molar-refractivity contribution in [2.45, 2.75) is 52.4 Å². The molecule has 188 valence electrons. The molecule has 0 N–H and O–H groups in total. The predicted molar refractivity (Wildman–Crippen MR) is 142 cm³/mol. The normalized spacial score (nSPS) is 16.9. The van der Waals surface area contributed by atoms with E-state index in [0.717, 1.165) is 33.8 Å². The number of ether oxygens (including phenoxy) is 2. The van der Waals surface area contributed by atoms with Crippen LogP contribution in [0.1, 0.15) is 50.6 Å². The highest BCUT2D eigenvalue weighted by Crippen LogP contribution is 2.45. The van der Waals surface area contributed by atoms with Crippen molar-refractivity contribution >= 4 is 10.9 Å². The van der Waals surface area contributed by atoms with Crippen molar-refractivity contribution in [1.82, 2.24) is 13.7 Å². The molecule has 2 aromatic heterocycles. The van der Waals surface area contributed by atoms with Crippen LogP contribution in [0.5, 0.6) is 5.75 Å². The molecule has 1 aliphatic rings. The zero-order valence-electron chi connectivity index (χ0n) is 22.0. The Morgan fingerprint density at radius 1 is 0.972 bits per heavy atom. The molecule has 36 heavy (non-hydrogen) atoms. The van der Waals surface area contributed by atoms with E-state index in [-0.39, 0.29) is 17.4 Å². The highest BCUT2D eigenvalue weighted by molar-refractivity contribution is 5.96. The molecule has 5 rings (SSSR count). The first-order valence-corrected chi connectivity index (χ1v) is 12.3. The van der Waals surface area contributed by atoms with Gasteiger partial charge < -0.3 is 14.0 Å². The third-order valence-corrected chi connectivity index (χ3v) is 6.95. The fourth-order valence-corrected chi connectivity index (χ4v) is 5.23. The molecule has 0 spiro atoms. The molecule has 0 fully saturated rings. The smallest absolute Gasteiger partial charge is 0.331 e. The fraction of sp³-hybridized carbons (Fsp3) is 0.379. The van der Waals surface area contributed by atoms with E-state index in [1.54, 1.807) is 11.6 Å². The third kappa shape index (κ3) is 3.69. The number of hydrogen-bond acceptors (Lipinski definition) is 4. The van der Waals surface area contributed by atoms with E-state index in [4.69, 9.17) is 9.47 Å². The first-order valence-electron chi connectivity index (χ1n) is 12.3. The molecule has 0 saturated heterocycles. The van der Waals surface area contributed by atoms with Gasteiger partial charge in [0.2, 0.25) is 0 Å². The van der Waals surface area contributed by atoms with Crippen LogP contribution in [0, 0.1) is 6.92 Å². The van der Waals surface area contributed by atoms with Crippen LogP contribution in [0.2, 0.25) is 0 Å². The van der Waals surface area contributed by atoms with Crippen molar-refractivity contribution in [2.24, 2.45) is 14.1 Å². The van der Waals surface area contributed by atoms with Gasteiger partial charge in [-0.1, -0.05) is 42.0 Å².